The van der Waals surface area contributed by atoms with Crippen molar-refractivity contribution in [2.24, 2.45) is 0 Å². The molecule has 0 aliphatic rings. The van der Waals surface area contributed by atoms with E-state index in [0.717, 1.165) is 39.8 Å². The summed E-state index contributed by atoms with van der Waals surface area (Å²) in [6.45, 7) is 2.18. The van der Waals surface area contributed by atoms with Crippen molar-refractivity contribution >= 4 is 23.5 Å². The van der Waals surface area contributed by atoms with Gasteiger partial charge in [0.1, 0.15) is 0 Å². The molecule has 3 rings (SSSR count). The number of hydrogen-bond acceptors (Lipinski definition) is 4. The molecule has 2 heterocycles. The third kappa shape index (κ3) is 3.79. The van der Waals surface area contributed by atoms with E-state index in [-0.39, 0.29) is 0 Å². The first-order valence-corrected chi connectivity index (χ1v) is 9.80. The zero-order valence-electron chi connectivity index (χ0n) is 13.2. The Labute approximate surface area is 145 Å². The van der Waals surface area contributed by atoms with Crippen molar-refractivity contribution in [1.82, 2.24) is 15.0 Å². The second kappa shape index (κ2) is 7.70. The molecule has 1 aromatic carbocycles. The average Bonchev–Trinajstić information content (AvgIpc) is 3.05. The van der Waals surface area contributed by atoms with Crippen LogP contribution in [0.4, 0.5) is 0 Å². The Kier molecular flexibility index (Phi) is 5.41. The number of nitrogens with one attached hydrogen (secondary N) is 1. The van der Waals surface area contributed by atoms with E-state index >= 15 is 0 Å². The highest BCUT2D eigenvalue weighted by atomic mass is 32.2. The van der Waals surface area contributed by atoms with Gasteiger partial charge in [0.2, 0.25) is 0 Å². The molecule has 0 bridgehead atoms. The lowest BCUT2D eigenvalue weighted by Gasteiger charge is -2.03. The number of imidazole rings is 1. The minimum atomic E-state index is 0.975. The molecule has 5 heteroatoms. The van der Waals surface area contributed by atoms with Crippen molar-refractivity contribution in [1.29, 1.82) is 0 Å². The molecule has 0 atom stereocenters. The van der Waals surface area contributed by atoms with Crippen molar-refractivity contribution < 1.29 is 0 Å². The van der Waals surface area contributed by atoms with Crippen LogP contribution in [0.5, 0.6) is 0 Å². The summed E-state index contributed by atoms with van der Waals surface area (Å²) in [5.74, 6) is 1.06. The Morgan fingerprint density at radius 3 is 2.39 bits per heavy atom. The number of thioether (sulfide) groups is 2. The number of pyridine rings is 1. The second-order valence-corrected chi connectivity index (χ2v) is 7.04. The van der Waals surface area contributed by atoms with Gasteiger partial charge in [0.05, 0.1) is 11.4 Å². The summed E-state index contributed by atoms with van der Waals surface area (Å²) in [5.41, 5.74) is 4.30. The lowest BCUT2D eigenvalue weighted by atomic mass is 10.1. The van der Waals surface area contributed by atoms with Crippen LogP contribution in [-0.2, 0) is 0 Å². The average molecular weight is 342 g/mol. The predicted octanol–water partition coefficient (Wildman–Crippen LogP) is 5.36. The number of nitrogens with zero attached hydrogens (tertiary/aromatic N) is 2. The fraction of sp³-hybridized carbons (Fsp3) is 0.222. The van der Waals surface area contributed by atoms with E-state index < -0.39 is 0 Å². The van der Waals surface area contributed by atoms with Gasteiger partial charge < -0.3 is 4.98 Å². The van der Waals surface area contributed by atoms with Crippen molar-refractivity contribution in [3.63, 3.8) is 0 Å². The second-order valence-electron chi connectivity index (χ2n) is 5.08. The number of benzene rings is 1. The van der Waals surface area contributed by atoms with Crippen molar-refractivity contribution in [2.75, 3.05) is 12.0 Å². The van der Waals surface area contributed by atoms with Crippen molar-refractivity contribution in [3.05, 3.63) is 48.8 Å². The standard InChI is InChI=1S/C18H19N3S2/c1-3-12-23-18-20-16(13-4-6-15(22-2)7-5-13)17(21-18)14-8-10-19-11-9-14/h4-11H,3,12H2,1-2H3,(H,20,21). The molecule has 0 saturated heterocycles. The van der Waals surface area contributed by atoms with Crippen LogP contribution in [0.25, 0.3) is 22.5 Å². The first-order valence-electron chi connectivity index (χ1n) is 7.59. The van der Waals surface area contributed by atoms with Gasteiger partial charge in [0, 0.05) is 34.2 Å². The third-order valence-corrected chi connectivity index (χ3v) is 5.28. The molecule has 0 aliphatic heterocycles. The fourth-order valence-corrected chi connectivity index (χ4v) is 3.44. The van der Waals surface area contributed by atoms with Gasteiger partial charge in [-0.15, -0.1) is 11.8 Å². The number of rotatable bonds is 6. The Hall–Kier alpha value is -1.72. The van der Waals surface area contributed by atoms with E-state index in [1.807, 2.05) is 24.5 Å². The van der Waals surface area contributed by atoms with Crippen LogP contribution in [0.1, 0.15) is 13.3 Å². The molecule has 3 aromatic rings. The Balaban J connectivity index is 2.04. The summed E-state index contributed by atoms with van der Waals surface area (Å²) >= 11 is 3.51. The monoisotopic (exact) mass is 341 g/mol. The summed E-state index contributed by atoms with van der Waals surface area (Å²) in [6.07, 6.45) is 6.85. The van der Waals surface area contributed by atoms with E-state index in [0.29, 0.717) is 0 Å². The molecule has 1 N–H and O–H groups in total. The molecule has 0 aliphatic carbocycles. The van der Waals surface area contributed by atoms with E-state index in [9.17, 15) is 0 Å². The van der Waals surface area contributed by atoms with Crippen LogP contribution in [-0.4, -0.2) is 27.0 Å². The number of aromatic amines is 1. The van der Waals surface area contributed by atoms with Crippen molar-refractivity contribution in [2.45, 2.75) is 23.4 Å². The molecular weight excluding hydrogens is 322 g/mol. The normalized spacial score (nSPS) is 10.9. The van der Waals surface area contributed by atoms with Crippen LogP contribution >= 0.6 is 23.5 Å². The van der Waals surface area contributed by atoms with E-state index in [1.165, 1.54) is 4.90 Å². The van der Waals surface area contributed by atoms with Gasteiger partial charge in [0.15, 0.2) is 5.16 Å². The molecule has 0 radical (unpaired) electrons. The summed E-state index contributed by atoms with van der Waals surface area (Å²) in [5, 5.41) is 0.975. The smallest absolute Gasteiger partial charge is 0.166 e. The maximum Gasteiger partial charge on any atom is 0.166 e. The first-order chi connectivity index (χ1) is 11.3. The Bertz CT molecular complexity index is 752. The zero-order valence-corrected chi connectivity index (χ0v) is 14.9. The van der Waals surface area contributed by atoms with Gasteiger partial charge in [0.25, 0.3) is 0 Å². The third-order valence-electron chi connectivity index (χ3n) is 3.46. The highest BCUT2D eigenvalue weighted by molar-refractivity contribution is 7.99. The van der Waals surface area contributed by atoms with Crippen LogP contribution < -0.4 is 0 Å². The number of aromatic nitrogens is 3. The minimum absolute atomic E-state index is 0.975. The van der Waals surface area contributed by atoms with Gasteiger partial charge >= 0.3 is 0 Å². The van der Waals surface area contributed by atoms with Gasteiger partial charge in [-0.05, 0) is 36.9 Å². The summed E-state index contributed by atoms with van der Waals surface area (Å²) < 4.78 is 0. The van der Waals surface area contributed by atoms with Crippen LogP contribution in [0, 0.1) is 0 Å². The lowest BCUT2D eigenvalue weighted by molar-refractivity contribution is 1.04. The summed E-state index contributed by atoms with van der Waals surface area (Å²) in [4.78, 5) is 13.7. The lowest BCUT2D eigenvalue weighted by Crippen LogP contribution is -1.84. The zero-order chi connectivity index (χ0) is 16.1. The van der Waals surface area contributed by atoms with Crippen LogP contribution in [0.15, 0.2) is 58.8 Å². The van der Waals surface area contributed by atoms with Gasteiger partial charge in [-0.1, -0.05) is 30.8 Å². The summed E-state index contributed by atoms with van der Waals surface area (Å²) in [6, 6.07) is 12.6. The summed E-state index contributed by atoms with van der Waals surface area (Å²) in [7, 11) is 0. The fourth-order valence-electron chi connectivity index (χ4n) is 2.30. The van der Waals surface area contributed by atoms with Crippen LogP contribution in [0.2, 0.25) is 0 Å². The highest BCUT2D eigenvalue weighted by Gasteiger charge is 2.14. The van der Waals surface area contributed by atoms with Gasteiger partial charge in [-0.25, -0.2) is 4.98 Å². The van der Waals surface area contributed by atoms with Gasteiger partial charge in [-0.2, -0.15) is 0 Å². The van der Waals surface area contributed by atoms with Crippen molar-refractivity contribution in [3.8, 4) is 22.5 Å². The molecule has 0 fully saturated rings. The van der Waals surface area contributed by atoms with E-state index in [2.05, 4.69) is 47.4 Å². The molecule has 23 heavy (non-hydrogen) atoms. The maximum atomic E-state index is 4.83. The minimum Gasteiger partial charge on any atom is -0.332 e. The predicted molar refractivity (Wildman–Crippen MR) is 100 cm³/mol. The quantitative estimate of drug-likeness (QED) is 0.613. The molecule has 0 spiro atoms. The largest absolute Gasteiger partial charge is 0.332 e. The maximum absolute atomic E-state index is 4.83. The van der Waals surface area contributed by atoms with Gasteiger partial charge in [-0.3, -0.25) is 4.98 Å². The molecule has 2 aromatic heterocycles. The SMILES string of the molecule is CCCSc1nc(-c2ccc(SC)cc2)c(-c2ccncc2)[nH]1. The van der Waals surface area contributed by atoms with E-state index in [4.69, 9.17) is 4.98 Å². The highest BCUT2D eigenvalue weighted by Crippen LogP contribution is 2.33. The molecule has 0 unspecified atom stereocenters. The topological polar surface area (TPSA) is 41.6 Å². The number of hydrogen-bond donors (Lipinski definition) is 1. The molecular formula is C18H19N3S2. The van der Waals surface area contributed by atoms with E-state index in [1.54, 1.807) is 23.5 Å². The first kappa shape index (κ1) is 16.1. The van der Waals surface area contributed by atoms with Crippen LogP contribution in [0.3, 0.4) is 0 Å². The molecule has 118 valence electrons. The molecule has 3 nitrogen and oxygen atoms in total. The molecule has 0 amide bonds. The molecule has 0 saturated carbocycles. The Morgan fingerprint density at radius 1 is 1.00 bits per heavy atom. The Morgan fingerprint density at radius 2 is 1.74 bits per heavy atom. The number of H-pyrrole nitrogens is 1.